The minimum Gasteiger partial charge on any atom is -0.326 e. The molecule has 0 spiro atoms. The van der Waals surface area contributed by atoms with Gasteiger partial charge in [0.05, 0.1) is 6.20 Å². The van der Waals surface area contributed by atoms with Crippen LogP contribution >= 0.6 is 11.3 Å². The molecule has 8 heteroatoms. The van der Waals surface area contributed by atoms with E-state index in [1.807, 2.05) is 6.92 Å². The number of rotatable bonds is 5. The number of hydrogen-bond acceptors (Lipinski definition) is 5. The van der Waals surface area contributed by atoms with Crippen molar-refractivity contribution in [3.05, 3.63) is 34.5 Å². The lowest BCUT2D eigenvalue weighted by molar-refractivity contribution is 0.583. The van der Waals surface area contributed by atoms with Crippen LogP contribution in [0.4, 0.5) is 0 Å². The Bertz CT molecular complexity index is 630. The van der Waals surface area contributed by atoms with E-state index in [1.54, 1.807) is 17.6 Å². The molecule has 0 unspecified atom stereocenters. The number of nitrogens with zero attached hydrogens (tertiary/aromatic N) is 1. The van der Waals surface area contributed by atoms with Crippen molar-refractivity contribution in [1.82, 2.24) is 14.9 Å². The third-order valence-electron chi connectivity index (χ3n) is 2.52. The first-order valence-corrected chi connectivity index (χ1v) is 7.65. The number of nitrogens with two attached hydrogens (primary N) is 1. The van der Waals surface area contributed by atoms with Gasteiger partial charge in [-0.15, -0.1) is 11.3 Å². The summed E-state index contributed by atoms with van der Waals surface area (Å²) in [5.74, 6) is 0. The Morgan fingerprint density at radius 1 is 1.56 bits per heavy atom. The highest BCUT2D eigenvalue weighted by molar-refractivity contribution is 7.91. The van der Waals surface area contributed by atoms with Crippen molar-refractivity contribution in [2.75, 3.05) is 0 Å². The van der Waals surface area contributed by atoms with Crippen LogP contribution < -0.4 is 10.5 Å². The molecule has 2 heterocycles. The molecule has 0 saturated carbocycles. The summed E-state index contributed by atoms with van der Waals surface area (Å²) >= 11 is 1.17. The molecule has 98 valence electrons. The summed E-state index contributed by atoms with van der Waals surface area (Å²) in [5, 5.41) is 8.35. The van der Waals surface area contributed by atoms with Gasteiger partial charge in [0, 0.05) is 24.3 Å². The average molecular weight is 286 g/mol. The van der Waals surface area contributed by atoms with Gasteiger partial charge in [-0.25, -0.2) is 13.1 Å². The van der Waals surface area contributed by atoms with Crippen LogP contribution in [0.3, 0.4) is 0 Å². The van der Waals surface area contributed by atoms with Gasteiger partial charge in [-0.3, -0.25) is 5.10 Å². The molecule has 0 radical (unpaired) electrons. The molecule has 4 N–H and O–H groups in total. The first kappa shape index (κ1) is 13.2. The molecule has 2 rings (SSSR count). The zero-order valence-corrected chi connectivity index (χ0v) is 11.4. The van der Waals surface area contributed by atoms with Crippen LogP contribution in [-0.2, 0) is 23.1 Å². The minimum absolute atomic E-state index is 0.223. The third-order valence-corrected chi connectivity index (χ3v) is 5.41. The van der Waals surface area contributed by atoms with Crippen molar-refractivity contribution in [1.29, 1.82) is 0 Å². The number of aromatic amines is 1. The van der Waals surface area contributed by atoms with Crippen LogP contribution in [0.5, 0.6) is 0 Å². The summed E-state index contributed by atoms with van der Waals surface area (Å²) < 4.78 is 26.8. The van der Waals surface area contributed by atoms with E-state index in [4.69, 9.17) is 5.73 Å². The molecule has 0 amide bonds. The number of aromatic nitrogens is 2. The highest BCUT2D eigenvalue weighted by Crippen LogP contribution is 2.20. The number of H-pyrrole nitrogens is 1. The van der Waals surface area contributed by atoms with Crippen LogP contribution in [0.15, 0.2) is 21.9 Å². The summed E-state index contributed by atoms with van der Waals surface area (Å²) in [7, 11) is -3.47. The van der Waals surface area contributed by atoms with Gasteiger partial charge in [0.2, 0.25) is 10.0 Å². The smallest absolute Gasteiger partial charge is 0.250 e. The Balaban J connectivity index is 2.10. The number of hydrogen-bond donors (Lipinski definition) is 3. The number of thiophene rings is 1. The normalized spacial score (nSPS) is 11.9. The van der Waals surface area contributed by atoms with E-state index in [9.17, 15) is 8.42 Å². The van der Waals surface area contributed by atoms with Crippen molar-refractivity contribution < 1.29 is 8.42 Å². The fraction of sp³-hybridized carbons (Fsp3) is 0.300. The van der Waals surface area contributed by atoms with E-state index < -0.39 is 10.0 Å². The van der Waals surface area contributed by atoms with E-state index in [-0.39, 0.29) is 10.8 Å². The zero-order chi connectivity index (χ0) is 13.2. The highest BCUT2D eigenvalue weighted by Gasteiger charge is 2.16. The molecular weight excluding hydrogens is 272 g/mol. The van der Waals surface area contributed by atoms with Crippen molar-refractivity contribution in [2.45, 2.75) is 24.2 Å². The topological polar surface area (TPSA) is 101 Å². The second-order valence-corrected chi connectivity index (χ2v) is 6.73. The lowest BCUT2D eigenvalue weighted by Gasteiger charge is -2.03. The zero-order valence-electron chi connectivity index (χ0n) is 9.80. The molecular formula is C10H14N4O2S2. The molecule has 0 aromatic carbocycles. The highest BCUT2D eigenvalue weighted by atomic mass is 32.2. The molecule has 0 bridgehead atoms. The maximum atomic E-state index is 12.0. The third kappa shape index (κ3) is 2.78. The van der Waals surface area contributed by atoms with Crippen molar-refractivity contribution in [2.24, 2.45) is 5.73 Å². The molecule has 6 nitrogen and oxygen atoms in total. The van der Waals surface area contributed by atoms with Crippen LogP contribution in [-0.4, -0.2) is 18.6 Å². The first-order chi connectivity index (χ1) is 8.53. The maximum Gasteiger partial charge on any atom is 0.250 e. The van der Waals surface area contributed by atoms with E-state index in [1.165, 1.54) is 11.3 Å². The van der Waals surface area contributed by atoms with Gasteiger partial charge in [0.15, 0.2) is 0 Å². The van der Waals surface area contributed by atoms with Crippen LogP contribution in [0.25, 0.3) is 0 Å². The molecule has 0 aliphatic rings. The van der Waals surface area contributed by atoms with E-state index >= 15 is 0 Å². The number of aryl methyl sites for hydroxylation is 1. The Hall–Kier alpha value is -1.22. The summed E-state index contributed by atoms with van der Waals surface area (Å²) in [5.41, 5.74) is 7.96. The standard InChI is InChI=1S/C10H14N4O2S2/c1-7-9(4-12-14-7)5-13-18(15,16)10-2-8(3-11)6-17-10/h2,4,6,13H,3,5,11H2,1H3,(H,12,14). The lowest BCUT2D eigenvalue weighted by atomic mass is 10.3. The molecule has 18 heavy (non-hydrogen) atoms. The number of nitrogens with one attached hydrogen (secondary N) is 2. The van der Waals surface area contributed by atoms with Crippen LogP contribution in [0.1, 0.15) is 16.8 Å². The van der Waals surface area contributed by atoms with Gasteiger partial charge >= 0.3 is 0 Å². The second-order valence-electron chi connectivity index (χ2n) is 3.82. The van der Waals surface area contributed by atoms with Gasteiger partial charge in [0.1, 0.15) is 4.21 Å². The quantitative estimate of drug-likeness (QED) is 0.753. The Morgan fingerprint density at radius 3 is 2.89 bits per heavy atom. The Kier molecular flexibility index (Phi) is 3.81. The molecule has 0 atom stereocenters. The molecule has 2 aromatic heterocycles. The maximum absolute atomic E-state index is 12.0. The predicted molar refractivity (Wildman–Crippen MR) is 69.6 cm³/mol. The van der Waals surface area contributed by atoms with E-state index in [0.29, 0.717) is 6.54 Å². The lowest BCUT2D eigenvalue weighted by Crippen LogP contribution is -2.22. The van der Waals surface area contributed by atoms with Gasteiger partial charge in [-0.05, 0) is 23.9 Å². The summed E-state index contributed by atoms with van der Waals surface area (Å²) in [4.78, 5) is 0. The van der Waals surface area contributed by atoms with Gasteiger partial charge < -0.3 is 5.73 Å². The second kappa shape index (κ2) is 5.19. The fourth-order valence-electron chi connectivity index (χ4n) is 1.40. The predicted octanol–water partition coefficient (Wildman–Crippen LogP) is 0.717. The summed E-state index contributed by atoms with van der Waals surface area (Å²) in [6, 6.07) is 1.59. The molecule has 0 saturated heterocycles. The van der Waals surface area contributed by atoms with Crippen molar-refractivity contribution in [3.63, 3.8) is 0 Å². The van der Waals surface area contributed by atoms with Crippen molar-refractivity contribution >= 4 is 21.4 Å². The monoisotopic (exact) mass is 286 g/mol. The SMILES string of the molecule is Cc1[nH]ncc1CNS(=O)(=O)c1cc(CN)cs1. The van der Waals surface area contributed by atoms with E-state index in [2.05, 4.69) is 14.9 Å². The fourth-order valence-corrected chi connectivity index (χ4v) is 3.67. The number of sulfonamides is 1. The van der Waals surface area contributed by atoms with E-state index in [0.717, 1.165) is 16.8 Å². The van der Waals surface area contributed by atoms with Gasteiger partial charge in [0.25, 0.3) is 0 Å². The molecule has 2 aromatic rings. The molecule has 0 aliphatic heterocycles. The first-order valence-electron chi connectivity index (χ1n) is 5.29. The minimum atomic E-state index is -3.47. The summed E-state index contributed by atoms with van der Waals surface area (Å²) in [6.45, 7) is 2.40. The average Bonchev–Trinajstić information content (AvgIpc) is 2.95. The molecule has 0 aliphatic carbocycles. The Labute approximate surface area is 109 Å². The van der Waals surface area contributed by atoms with Crippen molar-refractivity contribution in [3.8, 4) is 0 Å². The Morgan fingerprint density at radius 2 is 2.33 bits per heavy atom. The van der Waals surface area contributed by atoms with Crippen LogP contribution in [0.2, 0.25) is 0 Å². The largest absolute Gasteiger partial charge is 0.326 e. The van der Waals surface area contributed by atoms with Gasteiger partial charge in [-0.1, -0.05) is 0 Å². The van der Waals surface area contributed by atoms with Gasteiger partial charge in [-0.2, -0.15) is 5.10 Å². The summed E-state index contributed by atoms with van der Waals surface area (Å²) in [6.07, 6.45) is 1.61. The van der Waals surface area contributed by atoms with Crippen LogP contribution in [0, 0.1) is 6.92 Å². The molecule has 0 fully saturated rings.